The van der Waals surface area contributed by atoms with Gasteiger partial charge in [-0.05, 0) is 56.9 Å². The zero-order valence-corrected chi connectivity index (χ0v) is 13.0. The lowest BCUT2D eigenvalue weighted by molar-refractivity contribution is 0.0640. The Morgan fingerprint density at radius 3 is 2.48 bits per heavy atom. The number of halogens is 1. The van der Waals surface area contributed by atoms with Crippen molar-refractivity contribution in [1.82, 2.24) is 4.90 Å². The van der Waals surface area contributed by atoms with Gasteiger partial charge in [0.05, 0.1) is 12.6 Å². The van der Waals surface area contributed by atoms with Crippen LogP contribution in [0.5, 0.6) is 0 Å². The van der Waals surface area contributed by atoms with Crippen LogP contribution in [0, 0.1) is 11.7 Å². The second-order valence-electron chi connectivity index (χ2n) is 5.86. The Balaban J connectivity index is 2.09. The van der Waals surface area contributed by atoms with Crippen LogP contribution in [0.4, 0.5) is 4.39 Å². The summed E-state index contributed by atoms with van der Waals surface area (Å²) < 4.78 is 18.2. The van der Waals surface area contributed by atoms with Gasteiger partial charge in [0.25, 0.3) is 0 Å². The van der Waals surface area contributed by atoms with Gasteiger partial charge in [-0.3, -0.25) is 9.69 Å². The lowest BCUT2D eigenvalue weighted by Gasteiger charge is -2.33. The number of hydrogen-bond donors (Lipinski definition) is 0. The van der Waals surface area contributed by atoms with Crippen LogP contribution in [-0.2, 0) is 4.74 Å². The van der Waals surface area contributed by atoms with Crippen molar-refractivity contribution in [3.05, 3.63) is 35.6 Å². The quantitative estimate of drug-likeness (QED) is 0.690. The maximum absolute atomic E-state index is 13.0. The first-order valence-electron chi connectivity index (χ1n) is 7.59. The zero-order chi connectivity index (χ0) is 15.4. The second-order valence-corrected chi connectivity index (χ2v) is 5.86. The van der Waals surface area contributed by atoms with Gasteiger partial charge in [-0.1, -0.05) is 0 Å². The number of ketones is 1. The third-order valence-electron chi connectivity index (χ3n) is 4.39. The summed E-state index contributed by atoms with van der Waals surface area (Å²) in [5.41, 5.74) is 0.564. The average molecular weight is 293 g/mol. The summed E-state index contributed by atoms with van der Waals surface area (Å²) in [6.07, 6.45) is 2.48. The maximum Gasteiger partial charge on any atom is 0.179 e. The van der Waals surface area contributed by atoms with Crippen LogP contribution in [0.3, 0.4) is 0 Å². The molecule has 2 rings (SSSR count). The summed E-state index contributed by atoms with van der Waals surface area (Å²) >= 11 is 0. The third kappa shape index (κ3) is 4.11. The molecule has 1 aromatic rings. The number of rotatable bonds is 8. The van der Waals surface area contributed by atoms with Crippen LogP contribution in [0.2, 0.25) is 0 Å². The van der Waals surface area contributed by atoms with E-state index in [0.717, 1.165) is 6.54 Å². The van der Waals surface area contributed by atoms with Gasteiger partial charge in [0.2, 0.25) is 0 Å². The fourth-order valence-corrected chi connectivity index (χ4v) is 2.80. The smallest absolute Gasteiger partial charge is 0.179 e. The number of nitrogens with zero attached hydrogens (tertiary/aromatic N) is 1. The fourth-order valence-electron chi connectivity index (χ4n) is 2.80. The first-order chi connectivity index (χ1) is 10.0. The van der Waals surface area contributed by atoms with Gasteiger partial charge in [-0.15, -0.1) is 0 Å². The Hall–Kier alpha value is -1.26. The normalized spacial score (nSPS) is 17.8. The molecule has 0 radical (unpaired) electrons. The summed E-state index contributed by atoms with van der Waals surface area (Å²) in [5.74, 6) is 0.408. The van der Waals surface area contributed by atoms with E-state index in [1.54, 1.807) is 19.2 Å². The highest BCUT2D eigenvalue weighted by atomic mass is 19.1. The fraction of sp³-hybridized carbons (Fsp3) is 0.588. The van der Waals surface area contributed by atoms with Gasteiger partial charge in [0.15, 0.2) is 5.78 Å². The minimum absolute atomic E-state index is 0.0404. The van der Waals surface area contributed by atoms with Crippen LogP contribution in [-0.4, -0.2) is 43.0 Å². The molecule has 2 unspecified atom stereocenters. The molecule has 2 atom stereocenters. The van der Waals surface area contributed by atoms with E-state index in [1.807, 2.05) is 6.92 Å². The number of hydrogen-bond acceptors (Lipinski definition) is 3. The predicted octanol–water partition coefficient (Wildman–Crippen LogP) is 3.14. The van der Waals surface area contributed by atoms with Gasteiger partial charge < -0.3 is 4.74 Å². The third-order valence-corrected chi connectivity index (χ3v) is 4.39. The van der Waals surface area contributed by atoms with Crippen molar-refractivity contribution in [1.29, 1.82) is 0 Å². The van der Waals surface area contributed by atoms with E-state index in [-0.39, 0.29) is 17.6 Å². The van der Waals surface area contributed by atoms with Crippen LogP contribution >= 0.6 is 0 Å². The average Bonchev–Trinajstić information content (AvgIpc) is 3.32. The predicted molar refractivity (Wildman–Crippen MR) is 81.0 cm³/mol. The zero-order valence-electron chi connectivity index (χ0n) is 13.0. The van der Waals surface area contributed by atoms with Crippen molar-refractivity contribution in [2.24, 2.45) is 5.92 Å². The highest BCUT2D eigenvalue weighted by Gasteiger charge is 2.35. The highest BCUT2D eigenvalue weighted by Crippen LogP contribution is 2.36. The Kier molecular flexibility index (Phi) is 5.48. The molecular weight excluding hydrogens is 269 g/mol. The number of Topliss-reactive ketones (excluding diaryl/α,β-unsaturated/α-hetero) is 1. The van der Waals surface area contributed by atoms with Gasteiger partial charge in [-0.25, -0.2) is 4.39 Å². The Labute approximate surface area is 126 Å². The molecule has 0 heterocycles. The maximum atomic E-state index is 13.0. The second kappa shape index (κ2) is 7.14. The molecule has 1 aliphatic carbocycles. The van der Waals surface area contributed by atoms with Crippen molar-refractivity contribution in [2.75, 3.05) is 20.3 Å². The van der Waals surface area contributed by atoms with Crippen molar-refractivity contribution in [3.63, 3.8) is 0 Å². The number of benzene rings is 1. The lowest BCUT2D eigenvalue weighted by Crippen LogP contribution is -2.47. The molecule has 21 heavy (non-hydrogen) atoms. The lowest BCUT2D eigenvalue weighted by atomic mass is 10.0. The molecule has 0 aliphatic heterocycles. The largest absolute Gasteiger partial charge is 0.383 e. The van der Waals surface area contributed by atoms with Gasteiger partial charge in [-0.2, -0.15) is 0 Å². The molecule has 0 bridgehead atoms. The van der Waals surface area contributed by atoms with Crippen molar-refractivity contribution in [2.45, 2.75) is 38.8 Å². The first-order valence-corrected chi connectivity index (χ1v) is 7.59. The minimum Gasteiger partial charge on any atom is -0.383 e. The van der Waals surface area contributed by atoms with E-state index in [9.17, 15) is 9.18 Å². The van der Waals surface area contributed by atoms with Gasteiger partial charge in [0, 0.05) is 25.3 Å². The molecule has 1 fully saturated rings. The SMILES string of the molecule is COCCN(C(C)C(=O)c1ccc(F)cc1)C(C)C1CC1. The summed E-state index contributed by atoms with van der Waals surface area (Å²) in [7, 11) is 1.67. The summed E-state index contributed by atoms with van der Waals surface area (Å²) in [4.78, 5) is 14.8. The standard InChI is InChI=1S/C17H24FNO2/c1-12(14-4-5-14)19(10-11-21-3)13(2)17(20)15-6-8-16(18)9-7-15/h6-9,12-14H,4-5,10-11H2,1-3H3. The minimum atomic E-state index is -0.318. The van der Waals surface area contributed by atoms with E-state index in [0.29, 0.717) is 24.1 Å². The summed E-state index contributed by atoms with van der Waals surface area (Å²) in [6.45, 7) is 5.46. The molecule has 0 aromatic heterocycles. The first kappa shape index (κ1) is 16.1. The molecule has 0 spiro atoms. The van der Waals surface area contributed by atoms with Gasteiger partial charge in [0.1, 0.15) is 5.82 Å². The molecule has 1 aliphatic rings. The van der Waals surface area contributed by atoms with Crippen molar-refractivity contribution >= 4 is 5.78 Å². The van der Waals surface area contributed by atoms with E-state index in [1.165, 1.54) is 25.0 Å². The van der Waals surface area contributed by atoms with Crippen LogP contribution in [0.25, 0.3) is 0 Å². The van der Waals surface area contributed by atoms with E-state index in [4.69, 9.17) is 4.74 Å². The van der Waals surface area contributed by atoms with Crippen molar-refractivity contribution < 1.29 is 13.9 Å². The molecule has 0 saturated heterocycles. The molecule has 3 nitrogen and oxygen atoms in total. The van der Waals surface area contributed by atoms with Crippen LogP contribution in [0.15, 0.2) is 24.3 Å². The molecular formula is C17H24FNO2. The molecule has 0 amide bonds. The Morgan fingerprint density at radius 2 is 1.95 bits per heavy atom. The number of carbonyl (C=O) groups is 1. The summed E-state index contributed by atoms with van der Waals surface area (Å²) in [5, 5.41) is 0. The van der Waals surface area contributed by atoms with Crippen molar-refractivity contribution in [3.8, 4) is 0 Å². The number of methoxy groups -OCH3 is 1. The van der Waals surface area contributed by atoms with E-state index < -0.39 is 0 Å². The summed E-state index contributed by atoms with van der Waals surface area (Å²) in [6, 6.07) is 5.95. The topological polar surface area (TPSA) is 29.5 Å². The van der Waals surface area contributed by atoms with Gasteiger partial charge >= 0.3 is 0 Å². The molecule has 0 N–H and O–H groups in total. The van der Waals surface area contributed by atoms with E-state index >= 15 is 0 Å². The monoisotopic (exact) mass is 293 g/mol. The van der Waals surface area contributed by atoms with Crippen LogP contribution in [0.1, 0.15) is 37.0 Å². The highest BCUT2D eigenvalue weighted by molar-refractivity contribution is 5.99. The Morgan fingerprint density at radius 1 is 1.33 bits per heavy atom. The van der Waals surface area contributed by atoms with Crippen LogP contribution < -0.4 is 0 Å². The molecule has 1 aromatic carbocycles. The number of carbonyl (C=O) groups excluding carboxylic acids is 1. The van der Waals surface area contributed by atoms with E-state index in [2.05, 4.69) is 11.8 Å². The molecule has 4 heteroatoms. The number of ether oxygens (including phenoxy) is 1. The molecule has 116 valence electrons. The Bertz CT molecular complexity index is 470. The molecule has 1 saturated carbocycles.